The molecule has 2 atom stereocenters. The van der Waals surface area contributed by atoms with Gasteiger partial charge in [0, 0.05) is 12.1 Å². The van der Waals surface area contributed by atoms with E-state index >= 15 is 0 Å². The first-order chi connectivity index (χ1) is 19.4. The number of ether oxygens (including phenoxy) is 3. The number of hydrogen-bond acceptors (Lipinski definition) is 11. The molecule has 1 unspecified atom stereocenters. The summed E-state index contributed by atoms with van der Waals surface area (Å²) in [6.07, 6.45) is -1.70. The summed E-state index contributed by atoms with van der Waals surface area (Å²) in [5.74, 6) is -0.482. The lowest BCUT2D eigenvalue weighted by atomic mass is 9.98. The molecule has 0 radical (unpaired) electrons. The second-order valence-electron chi connectivity index (χ2n) is 12.6. The van der Waals surface area contributed by atoms with Crippen LogP contribution in [0.2, 0.25) is 0 Å². The molecule has 2 aliphatic heterocycles. The number of hydroxylamine groups is 2. The van der Waals surface area contributed by atoms with E-state index in [-0.39, 0.29) is 24.3 Å². The highest BCUT2D eigenvalue weighted by molar-refractivity contribution is 7.80. The van der Waals surface area contributed by atoms with Crippen LogP contribution in [0.4, 0.5) is 19.2 Å². The number of carbonyl (C=O) groups is 4. The van der Waals surface area contributed by atoms with Gasteiger partial charge in [0.15, 0.2) is 0 Å². The fourth-order valence-corrected chi connectivity index (χ4v) is 4.51. The first-order valence-electron chi connectivity index (χ1n) is 13.1. The maximum absolute atomic E-state index is 13.2. The van der Waals surface area contributed by atoms with E-state index in [1.54, 1.807) is 62.3 Å². The Hall–Kier alpha value is -3.97. The minimum Gasteiger partial charge on any atom is -0.444 e. The van der Waals surface area contributed by atoms with Gasteiger partial charge in [-0.05, 0) is 62.3 Å². The average molecular weight is 632 g/mol. The zero-order chi connectivity index (χ0) is 32.7. The van der Waals surface area contributed by atoms with Gasteiger partial charge in [-0.2, -0.15) is 18.6 Å². The lowest BCUT2D eigenvalue weighted by Crippen LogP contribution is -2.46. The van der Waals surface area contributed by atoms with Crippen LogP contribution in [-0.4, -0.2) is 92.9 Å². The molecule has 3 rings (SSSR count). The Balaban J connectivity index is 2.13. The predicted molar refractivity (Wildman–Crippen MR) is 147 cm³/mol. The van der Waals surface area contributed by atoms with Gasteiger partial charge in [-0.15, -0.1) is 9.28 Å². The molecule has 2 aliphatic rings. The molecule has 3 N–H and O–H groups in total. The van der Waals surface area contributed by atoms with Gasteiger partial charge in [0.05, 0.1) is 24.5 Å². The van der Waals surface area contributed by atoms with Gasteiger partial charge in [-0.1, -0.05) is 0 Å². The van der Waals surface area contributed by atoms with Crippen LogP contribution < -0.4 is 10.6 Å². The number of nitrogens with one attached hydrogen (secondary N) is 2. The highest BCUT2D eigenvalue weighted by Gasteiger charge is 2.52. The molecule has 240 valence electrons. The van der Waals surface area contributed by atoms with Crippen LogP contribution in [0.25, 0.3) is 0 Å². The van der Waals surface area contributed by atoms with Crippen molar-refractivity contribution >= 4 is 40.7 Å². The Morgan fingerprint density at radius 1 is 1.00 bits per heavy atom. The quantitative estimate of drug-likeness (QED) is 0.189. The molecule has 0 spiro atoms. The van der Waals surface area contributed by atoms with Crippen molar-refractivity contribution in [3.8, 4) is 0 Å². The minimum absolute atomic E-state index is 0.112. The molecule has 0 aliphatic carbocycles. The lowest BCUT2D eigenvalue weighted by molar-refractivity contribution is -0.0317. The van der Waals surface area contributed by atoms with E-state index in [0.717, 1.165) is 9.58 Å². The van der Waals surface area contributed by atoms with E-state index in [4.69, 9.17) is 14.2 Å². The van der Waals surface area contributed by atoms with Gasteiger partial charge in [-0.25, -0.2) is 23.9 Å². The predicted octanol–water partition coefficient (Wildman–Crippen LogP) is 2.64. The van der Waals surface area contributed by atoms with E-state index in [9.17, 15) is 32.1 Å². The van der Waals surface area contributed by atoms with E-state index in [0.29, 0.717) is 5.06 Å². The summed E-state index contributed by atoms with van der Waals surface area (Å²) >= 11 is 0. The lowest BCUT2D eigenvalue weighted by Gasteiger charge is -2.32. The standard InChI is InChI=1S/C24H37N7O11S/c1-22(2,3)39-18(32)25-11-14-16-13(15-12-29(14)21(35)31(15)42-43(36,37)38)10-26-30(16)17(27-19(33)40-23(4,5)6)28-20(34)41-24(7,8)9/h10,14-15H,11-12H2,1-9H3,(H,25,32)(H,36,37,38)(H,27,28,33,34)/t14?,15-/m1/s1. The van der Waals surface area contributed by atoms with Crippen molar-refractivity contribution in [2.24, 2.45) is 4.99 Å². The Kier molecular flexibility index (Phi) is 9.05. The second kappa shape index (κ2) is 11.6. The van der Waals surface area contributed by atoms with Gasteiger partial charge in [0.25, 0.3) is 0 Å². The average Bonchev–Trinajstić information content (AvgIpc) is 3.31. The summed E-state index contributed by atoms with van der Waals surface area (Å²) in [5.41, 5.74) is -2.42. The largest absolute Gasteiger partial charge is 0.444 e. The van der Waals surface area contributed by atoms with Crippen molar-refractivity contribution in [2.45, 2.75) is 91.2 Å². The molecule has 18 nitrogen and oxygen atoms in total. The zero-order valence-electron chi connectivity index (χ0n) is 25.3. The molecule has 2 bridgehead atoms. The third-order valence-electron chi connectivity index (χ3n) is 5.39. The van der Waals surface area contributed by atoms with Crippen molar-refractivity contribution < 1.29 is 50.6 Å². The van der Waals surface area contributed by atoms with Gasteiger partial charge < -0.3 is 24.4 Å². The highest BCUT2D eigenvalue weighted by Crippen LogP contribution is 2.44. The summed E-state index contributed by atoms with van der Waals surface area (Å²) in [7, 11) is -5.12. The summed E-state index contributed by atoms with van der Waals surface area (Å²) in [6.45, 7) is 14.2. The minimum atomic E-state index is -5.12. The first-order valence-corrected chi connectivity index (χ1v) is 14.4. The molecule has 5 amide bonds. The Bertz CT molecular complexity index is 1420. The third-order valence-corrected chi connectivity index (χ3v) is 5.74. The SMILES string of the molecule is CC(C)(C)OC(=O)N=C(NC(=O)OC(C)(C)C)n1ncc2c1C(CNC(=O)OC(C)(C)C)N1C[C@H]2N(OS(=O)(=O)O)C1=O. The topological polar surface area (TPSA) is 220 Å². The van der Waals surface area contributed by atoms with E-state index in [2.05, 4.69) is 25.0 Å². The van der Waals surface area contributed by atoms with Gasteiger partial charge >= 0.3 is 34.7 Å². The van der Waals surface area contributed by atoms with E-state index in [1.807, 2.05) is 0 Å². The number of hydrogen-bond donors (Lipinski definition) is 3. The Morgan fingerprint density at radius 2 is 1.56 bits per heavy atom. The van der Waals surface area contributed by atoms with Gasteiger partial charge in [0.1, 0.15) is 22.8 Å². The molecule has 1 aromatic rings. The van der Waals surface area contributed by atoms with Crippen molar-refractivity contribution in [1.29, 1.82) is 0 Å². The zero-order valence-corrected chi connectivity index (χ0v) is 26.1. The maximum atomic E-state index is 13.2. The van der Waals surface area contributed by atoms with E-state index in [1.165, 1.54) is 6.20 Å². The highest BCUT2D eigenvalue weighted by atomic mass is 32.3. The number of aromatic nitrogens is 2. The number of nitrogens with zero attached hydrogens (tertiary/aromatic N) is 5. The molecule has 0 aromatic carbocycles. The van der Waals surface area contributed by atoms with Crippen molar-refractivity contribution in [1.82, 2.24) is 30.4 Å². The van der Waals surface area contributed by atoms with Crippen LogP contribution in [0.15, 0.2) is 11.2 Å². The number of fused-ring (bicyclic) bond motifs is 4. The number of urea groups is 1. The smallest absolute Gasteiger partial charge is 0.437 e. The molecule has 19 heteroatoms. The summed E-state index contributed by atoms with van der Waals surface area (Å²) < 4.78 is 53.8. The van der Waals surface area contributed by atoms with Gasteiger partial charge in [-0.3, -0.25) is 9.87 Å². The molecule has 43 heavy (non-hydrogen) atoms. The second-order valence-corrected chi connectivity index (χ2v) is 13.6. The molecule has 0 saturated carbocycles. The van der Waals surface area contributed by atoms with Crippen LogP contribution in [-0.2, 0) is 28.9 Å². The van der Waals surface area contributed by atoms with Crippen LogP contribution >= 0.6 is 0 Å². The molecule has 1 aromatic heterocycles. The van der Waals surface area contributed by atoms with Crippen molar-refractivity contribution in [3.05, 3.63) is 17.5 Å². The molecule has 3 heterocycles. The van der Waals surface area contributed by atoms with Crippen LogP contribution in [0.1, 0.15) is 85.7 Å². The van der Waals surface area contributed by atoms with Crippen LogP contribution in [0.3, 0.4) is 0 Å². The summed E-state index contributed by atoms with van der Waals surface area (Å²) in [6, 6.07) is -3.17. The van der Waals surface area contributed by atoms with Crippen LogP contribution in [0, 0.1) is 0 Å². The molecule has 1 saturated heterocycles. The number of alkyl carbamates (subject to hydrolysis) is 2. The third kappa shape index (κ3) is 9.01. The van der Waals surface area contributed by atoms with Crippen molar-refractivity contribution in [3.63, 3.8) is 0 Å². The molecular weight excluding hydrogens is 594 g/mol. The Morgan fingerprint density at radius 3 is 2.09 bits per heavy atom. The molecule has 1 fully saturated rings. The number of rotatable bonds is 4. The monoisotopic (exact) mass is 631 g/mol. The summed E-state index contributed by atoms with van der Waals surface area (Å²) in [5, 5.41) is 9.60. The fourth-order valence-electron chi connectivity index (χ4n) is 4.14. The van der Waals surface area contributed by atoms with Crippen LogP contribution in [0.5, 0.6) is 0 Å². The molecular formula is C24H37N7O11S. The Labute approximate surface area is 248 Å². The number of aliphatic imine (C=N–C) groups is 1. The summed E-state index contributed by atoms with van der Waals surface area (Å²) in [4.78, 5) is 56.3. The van der Waals surface area contributed by atoms with Gasteiger partial charge in [0.2, 0.25) is 5.96 Å². The van der Waals surface area contributed by atoms with E-state index < -0.39 is 69.6 Å². The number of amides is 5. The fraction of sp³-hybridized carbons (Fsp3) is 0.667. The first kappa shape index (κ1) is 33.5. The number of carbonyl (C=O) groups excluding carboxylic acids is 4. The van der Waals surface area contributed by atoms with Crippen molar-refractivity contribution in [2.75, 3.05) is 13.1 Å². The maximum Gasteiger partial charge on any atom is 0.437 e. The normalized spacial score (nSPS) is 19.1.